The maximum absolute atomic E-state index is 12.7. The van der Waals surface area contributed by atoms with Crippen molar-refractivity contribution in [3.8, 4) is 5.75 Å². The maximum atomic E-state index is 12.7. The number of methoxy groups -OCH3 is 1. The van der Waals surface area contributed by atoms with Gasteiger partial charge in [0.25, 0.3) is 0 Å². The van der Waals surface area contributed by atoms with Crippen LogP contribution in [0.3, 0.4) is 0 Å². The molecule has 0 unspecified atom stereocenters. The van der Waals surface area contributed by atoms with Gasteiger partial charge in [-0.25, -0.2) is 0 Å². The number of hydrogen-bond donors (Lipinski definition) is 1. The van der Waals surface area contributed by atoms with Gasteiger partial charge in [-0.2, -0.15) is 0 Å². The number of amides is 1. The predicted octanol–water partition coefficient (Wildman–Crippen LogP) is 2.43. The quantitative estimate of drug-likeness (QED) is 0.848. The Hall–Kier alpha value is -2.53. The van der Waals surface area contributed by atoms with Gasteiger partial charge >= 0.3 is 0 Å². The van der Waals surface area contributed by atoms with E-state index in [1.807, 2.05) is 60.4 Å². The first kappa shape index (κ1) is 17.8. The SMILES string of the molecule is COc1ccc(N(C)C(=O)CN(CCN)c2ccccc2C)cc1. The fourth-order valence-corrected chi connectivity index (χ4v) is 2.58. The summed E-state index contributed by atoms with van der Waals surface area (Å²) in [6.07, 6.45) is 0. The summed E-state index contributed by atoms with van der Waals surface area (Å²) in [7, 11) is 3.40. The summed E-state index contributed by atoms with van der Waals surface area (Å²) in [5.74, 6) is 0.779. The second-order valence-electron chi connectivity index (χ2n) is 5.65. The zero-order valence-electron chi connectivity index (χ0n) is 14.5. The van der Waals surface area contributed by atoms with Gasteiger partial charge in [-0.1, -0.05) is 18.2 Å². The van der Waals surface area contributed by atoms with Gasteiger partial charge in [0.1, 0.15) is 5.75 Å². The van der Waals surface area contributed by atoms with Gasteiger partial charge in [-0.3, -0.25) is 4.79 Å². The molecule has 0 aliphatic heterocycles. The summed E-state index contributed by atoms with van der Waals surface area (Å²) in [4.78, 5) is 16.4. The molecule has 1 amide bonds. The number of benzene rings is 2. The maximum Gasteiger partial charge on any atom is 0.246 e. The minimum absolute atomic E-state index is 0.0110. The molecule has 0 bridgehead atoms. The van der Waals surface area contributed by atoms with E-state index in [2.05, 4.69) is 0 Å². The molecule has 5 nitrogen and oxygen atoms in total. The zero-order chi connectivity index (χ0) is 17.5. The van der Waals surface area contributed by atoms with Gasteiger partial charge in [0.15, 0.2) is 0 Å². The summed E-state index contributed by atoms with van der Waals surface area (Å²) >= 11 is 0. The van der Waals surface area contributed by atoms with Crippen molar-refractivity contribution in [2.24, 2.45) is 5.73 Å². The second kappa shape index (κ2) is 8.36. The summed E-state index contributed by atoms with van der Waals surface area (Å²) in [6, 6.07) is 15.5. The first-order valence-corrected chi connectivity index (χ1v) is 7.98. The Bertz CT molecular complexity index is 671. The van der Waals surface area contributed by atoms with Crippen molar-refractivity contribution in [2.45, 2.75) is 6.92 Å². The van der Waals surface area contributed by atoms with E-state index in [0.717, 1.165) is 22.7 Å². The molecular weight excluding hydrogens is 302 g/mol. The normalized spacial score (nSPS) is 10.3. The van der Waals surface area contributed by atoms with E-state index in [1.54, 1.807) is 19.1 Å². The van der Waals surface area contributed by atoms with E-state index in [-0.39, 0.29) is 12.5 Å². The van der Waals surface area contributed by atoms with Crippen LogP contribution in [0.15, 0.2) is 48.5 Å². The zero-order valence-corrected chi connectivity index (χ0v) is 14.5. The lowest BCUT2D eigenvalue weighted by Crippen LogP contribution is -2.41. The van der Waals surface area contributed by atoms with Crippen molar-refractivity contribution in [1.82, 2.24) is 0 Å². The number of anilines is 2. The van der Waals surface area contributed by atoms with E-state index >= 15 is 0 Å². The van der Waals surface area contributed by atoms with Gasteiger partial charge in [0.2, 0.25) is 5.91 Å². The lowest BCUT2D eigenvalue weighted by Gasteiger charge is -2.28. The van der Waals surface area contributed by atoms with Crippen LogP contribution >= 0.6 is 0 Å². The average molecular weight is 327 g/mol. The first-order valence-electron chi connectivity index (χ1n) is 7.98. The third kappa shape index (κ3) is 4.26. The fraction of sp³-hybridized carbons (Fsp3) is 0.316. The minimum atomic E-state index is 0.0110. The van der Waals surface area contributed by atoms with Crippen molar-refractivity contribution < 1.29 is 9.53 Å². The Balaban J connectivity index is 2.13. The highest BCUT2D eigenvalue weighted by Crippen LogP contribution is 2.21. The predicted molar refractivity (Wildman–Crippen MR) is 98.9 cm³/mol. The number of likely N-dealkylation sites (N-methyl/N-ethyl adjacent to an activating group) is 1. The third-order valence-corrected chi connectivity index (χ3v) is 4.02. The molecule has 5 heteroatoms. The summed E-state index contributed by atoms with van der Waals surface area (Å²) < 4.78 is 5.15. The van der Waals surface area contributed by atoms with Crippen molar-refractivity contribution >= 4 is 17.3 Å². The topological polar surface area (TPSA) is 58.8 Å². The minimum Gasteiger partial charge on any atom is -0.497 e. The van der Waals surface area contributed by atoms with Crippen LogP contribution in [-0.2, 0) is 4.79 Å². The van der Waals surface area contributed by atoms with Gasteiger partial charge < -0.3 is 20.3 Å². The molecule has 0 heterocycles. The standard InChI is InChI=1S/C19H25N3O2/c1-15-6-4-5-7-18(15)22(13-12-20)14-19(23)21(2)16-8-10-17(24-3)11-9-16/h4-11H,12-14,20H2,1-3H3. The molecule has 24 heavy (non-hydrogen) atoms. The second-order valence-corrected chi connectivity index (χ2v) is 5.65. The van der Waals surface area contributed by atoms with Crippen LogP contribution < -0.4 is 20.3 Å². The molecule has 0 atom stereocenters. The highest BCUT2D eigenvalue weighted by atomic mass is 16.5. The van der Waals surface area contributed by atoms with E-state index in [4.69, 9.17) is 10.5 Å². The van der Waals surface area contributed by atoms with Crippen LogP contribution in [0.4, 0.5) is 11.4 Å². The monoisotopic (exact) mass is 327 g/mol. The van der Waals surface area contributed by atoms with Crippen LogP contribution in [0.5, 0.6) is 5.75 Å². The molecule has 0 spiro atoms. The van der Waals surface area contributed by atoms with Gasteiger partial charge in [0.05, 0.1) is 13.7 Å². The molecule has 0 saturated carbocycles. The van der Waals surface area contributed by atoms with E-state index < -0.39 is 0 Å². The number of carbonyl (C=O) groups excluding carboxylic acids is 1. The van der Waals surface area contributed by atoms with Crippen LogP contribution in [0.2, 0.25) is 0 Å². The van der Waals surface area contributed by atoms with Crippen LogP contribution in [0.1, 0.15) is 5.56 Å². The molecule has 0 saturated heterocycles. The molecule has 2 N–H and O–H groups in total. The van der Waals surface area contributed by atoms with E-state index in [9.17, 15) is 4.79 Å². The Kier molecular flexibility index (Phi) is 6.21. The molecule has 0 aliphatic carbocycles. The lowest BCUT2D eigenvalue weighted by molar-refractivity contribution is -0.117. The smallest absolute Gasteiger partial charge is 0.246 e. The van der Waals surface area contributed by atoms with Gasteiger partial charge in [-0.15, -0.1) is 0 Å². The van der Waals surface area contributed by atoms with Crippen LogP contribution in [-0.4, -0.2) is 39.7 Å². The Labute approximate surface area is 143 Å². The number of nitrogens with zero attached hydrogens (tertiary/aromatic N) is 2. The van der Waals surface area contributed by atoms with E-state index in [0.29, 0.717) is 13.1 Å². The number of carbonyl (C=O) groups is 1. The largest absolute Gasteiger partial charge is 0.497 e. The fourth-order valence-electron chi connectivity index (χ4n) is 2.58. The highest BCUT2D eigenvalue weighted by Gasteiger charge is 2.17. The molecule has 2 aromatic carbocycles. The molecule has 0 fully saturated rings. The van der Waals surface area contributed by atoms with Crippen LogP contribution in [0, 0.1) is 6.92 Å². The Morgan fingerprint density at radius 1 is 1.12 bits per heavy atom. The molecule has 128 valence electrons. The molecule has 0 aromatic heterocycles. The molecule has 2 rings (SSSR count). The van der Waals surface area contributed by atoms with Crippen molar-refractivity contribution in [1.29, 1.82) is 0 Å². The summed E-state index contributed by atoms with van der Waals surface area (Å²) in [6.45, 7) is 3.45. The number of ether oxygens (including phenoxy) is 1. The molecular formula is C19H25N3O2. The van der Waals surface area contributed by atoms with Crippen molar-refractivity contribution in [3.05, 3.63) is 54.1 Å². The van der Waals surface area contributed by atoms with Crippen LogP contribution in [0.25, 0.3) is 0 Å². The highest BCUT2D eigenvalue weighted by molar-refractivity contribution is 5.96. The number of rotatable bonds is 7. The summed E-state index contributed by atoms with van der Waals surface area (Å²) in [5.41, 5.74) is 8.73. The van der Waals surface area contributed by atoms with Crippen molar-refractivity contribution in [3.63, 3.8) is 0 Å². The summed E-state index contributed by atoms with van der Waals surface area (Å²) in [5, 5.41) is 0. The third-order valence-electron chi connectivity index (χ3n) is 4.02. The van der Waals surface area contributed by atoms with Gasteiger partial charge in [-0.05, 0) is 42.8 Å². The average Bonchev–Trinajstić information content (AvgIpc) is 2.61. The molecule has 0 aliphatic rings. The van der Waals surface area contributed by atoms with Gasteiger partial charge in [0, 0.05) is 31.5 Å². The first-order chi connectivity index (χ1) is 11.6. The Morgan fingerprint density at radius 2 is 1.79 bits per heavy atom. The number of hydrogen-bond acceptors (Lipinski definition) is 4. The number of nitrogens with two attached hydrogens (primary N) is 1. The number of aryl methyl sites for hydroxylation is 1. The Morgan fingerprint density at radius 3 is 2.38 bits per heavy atom. The van der Waals surface area contributed by atoms with Crippen molar-refractivity contribution in [2.75, 3.05) is 43.6 Å². The lowest BCUT2D eigenvalue weighted by atomic mass is 10.1. The molecule has 2 aromatic rings. The van der Waals surface area contributed by atoms with E-state index in [1.165, 1.54) is 0 Å². The number of para-hydroxylation sites is 1. The molecule has 0 radical (unpaired) electrons.